The largest absolute Gasteiger partial charge is 0.453 e. The SMILES string of the molecule is COC(=O)Nc1ccc(NC(C)C(=O)Nc2ccc(F)cc2F)cc1. The second-order valence-electron chi connectivity index (χ2n) is 5.17. The van der Waals surface area contributed by atoms with Crippen molar-refractivity contribution in [3.05, 3.63) is 54.1 Å². The molecule has 132 valence electrons. The average Bonchev–Trinajstić information content (AvgIpc) is 2.58. The van der Waals surface area contributed by atoms with Gasteiger partial charge in [0.25, 0.3) is 0 Å². The van der Waals surface area contributed by atoms with E-state index >= 15 is 0 Å². The monoisotopic (exact) mass is 349 g/mol. The summed E-state index contributed by atoms with van der Waals surface area (Å²) >= 11 is 0. The lowest BCUT2D eigenvalue weighted by atomic mass is 10.2. The van der Waals surface area contributed by atoms with Gasteiger partial charge in [-0.15, -0.1) is 0 Å². The number of ether oxygens (including phenoxy) is 1. The third kappa shape index (κ3) is 5.17. The van der Waals surface area contributed by atoms with E-state index in [1.807, 2.05) is 0 Å². The van der Waals surface area contributed by atoms with E-state index in [1.165, 1.54) is 7.11 Å². The van der Waals surface area contributed by atoms with E-state index in [0.29, 0.717) is 17.4 Å². The third-order valence-corrected chi connectivity index (χ3v) is 3.28. The number of methoxy groups -OCH3 is 1. The number of carbonyl (C=O) groups excluding carboxylic acids is 2. The molecule has 0 saturated carbocycles. The molecule has 1 atom stereocenters. The zero-order valence-electron chi connectivity index (χ0n) is 13.6. The lowest BCUT2D eigenvalue weighted by Crippen LogP contribution is -2.32. The van der Waals surface area contributed by atoms with Crippen LogP contribution in [-0.4, -0.2) is 25.2 Å². The van der Waals surface area contributed by atoms with Crippen molar-refractivity contribution in [3.63, 3.8) is 0 Å². The van der Waals surface area contributed by atoms with Crippen LogP contribution in [0.5, 0.6) is 0 Å². The Morgan fingerprint density at radius 3 is 2.24 bits per heavy atom. The molecule has 2 rings (SSSR count). The van der Waals surface area contributed by atoms with E-state index in [9.17, 15) is 18.4 Å². The highest BCUT2D eigenvalue weighted by Gasteiger charge is 2.15. The maximum atomic E-state index is 13.6. The van der Waals surface area contributed by atoms with Crippen molar-refractivity contribution in [1.29, 1.82) is 0 Å². The van der Waals surface area contributed by atoms with E-state index in [-0.39, 0.29) is 5.69 Å². The molecule has 6 nitrogen and oxygen atoms in total. The molecule has 0 aliphatic carbocycles. The first-order chi connectivity index (χ1) is 11.9. The molecule has 0 bridgehead atoms. The minimum Gasteiger partial charge on any atom is -0.453 e. The molecule has 0 saturated heterocycles. The van der Waals surface area contributed by atoms with Crippen molar-refractivity contribution >= 4 is 29.1 Å². The van der Waals surface area contributed by atoms with Gasteiger partial charge in [-0.25, -0.2) is 13.6 Å². The number of hydrogen-bond acceptors (Lipinski definition) is 4. The lowest BCUT2D eigenvalue weighted by molar-refractivity contribution is -0.116. The number of amides is 2. The highest BCUT2D eigenvalue weighted by atomic mass is 19.1. The second-order valence-corrected chi connectivity index (χ2v) is 5.17. The van der Waals surface area contributed by atoms with E-state index in [2.05, 4.69) is 20.7 Å². The molecule has 0 radical (unpaired) electrons. The van der Waals surface area contributed by atoms with Crippen LogP contribution < -0.4 is 16.0 Å². The molecule has 1 unspecified atom stereocenters. The van der Waals surface area contributed by atoms with Crippen molar-refractivity contribution < 1.29 is 23.1 Å². The van der Waals surface area contributed by atoms with Crippen molar-refractivity contribution in [2.24, 2.45) is 0 Å². The van der Waals surface area contributed by atoms with Gasteiger partial charge in [0.1, 0.15) is 17.7 Å². The molecule has 0 spiro atoms. The van der Waals surface area contributed by atoms with Crippen molar-refractivity contribution in [1.82, 2.24) is 0 Å². The summed E-state index contributed by atoms with van der Waals surface area (Å²) in [5.41, 5.74) is 1.05. The van der Waals surface area contributed by atoms with Gasteiger partial charge in [0.15, 0.2) is 0 Å². The summed E-state index contributed by atoms with van der Waals surface area (Å²) in [7, 11) is 1.26. The van der Waals surface area contributed by atoms with Gasteiger partial charge < -0.3 is 15.4 Å². The standard InChI is InChI=1S/C17H17F2N3O3/c1-10(16(23)22-15-8-3-11(18)9-14(15)19)20-12-4-6-13(7-5-12)21-17(24)25-2/h3-10,20H,1-2H3,(H,21,24)(H,22,23). The summed E-state index contributed by atoms with van der Waals surface area (Å²) in [6.45, 7) is 1.59. The van der Waals surface area contributed by atoms with Crippen LogP contribution >= 0.6 is 0 Å². The molecular weight excluding hydrogens is 332 g/mol. The van der Waals surface area contributed by atoms with Crippen LogP contribution in [0, 0.1) is 11.6 Å². The number of rotatable bonds is 5. The van der Waals surface area contributed by atoms with Gasteiger partial charge in [-0.2, -0.15) is 0 Å². The molecule has 0 fully saturated rings. The Labute approximate surface area is 143 Å². The van der Waals surface area contributed by atoms with Crippen LogP contribution in [0.25, 0.3) is 0 Å². The minimum atomic E-state index is -0.848. The summed E-state index contributed by atoms with van der Waals surface area (Å²) < 4.78 is 30.9. The first-order valence-electron chi connectivity index (χ1n) is 7.36. The Hall–Kier alpha value is -3.16. The molecule has 0 heterocycles. The zero-order chi connectivity index (χ0) is 18.4. The van der Waals surface area contributed by atoms with Gasteiger partial charge in [-0.1, -0.05) is 0 Å². The van der Waals surface area contributed by atoms with E-state index in [0.717, 1.165) is 12.1 Å². The Kier molecular flexibility index (Phi) is 5.89. The molecule has 25 heavy (non-hydrogen) atoms. The fourth-order valence-corrected chi connectivity index (χ4v) is 1.97. The molecular formula is C17H17F2N3O3. The van der Waals surface area contributed by atoms with E-state index in [1.54, 1.807) is 31.2 Å². The van der Waals surface area contributed by atoms with Crippen molar-refractivity contribution in [3.8, 4) is 0 Å². The molecule has 2 amide bonds. The van der Waals surface area contributed by atoms with Crippen molar-refractivity contribution in [2.75, 3.05) is 23.1 Å². The Balaban J connectivity index is 1.95. The summed E-state index contributed by atoms with van der Waals surface area (Å²) in [6.07, 6.45) is -0.588. The lowest BCUT2D eigenvalue weighted by Gasteiger charge is -2.16. The van der Waals surface area contributed by atoms with Gasteiger partial charge >= 0.3 is 6.09 Å². The van der Waals surface area contributed by atoms with E-state index in [4.69, 9.17) is 0 Å². The van der Waals surface area contributed by atoms with Gasteiger partial charge in [-0.05, 0) is 43.3 Å². The molecule has 2 aromatic carbocycles. The zero-order valence-corrected chi connectivity index (χ0v) is 13.6. The molecule has 0 aromatic heterocycles. The molecule has 0 aliphatic rings. The Morgan fingerprint density at radius 2 is 1.64 bits per heavy atom. The second kappa shape index (κ2) is 8.09. The highest BCUT2D eigenvalue weighted by Crippen LogP contribution is 2.17. The first-order valence-corrected chi connectivity index (χ1v) is 7.36. The van der Waals surface area contributed by atoms with Gasteiger partial charge in [0, 0.05) is 17.4 Å². The smallest absolute Gasteiger partial charge is 0.411 e. The summed E-state index contributed by atoms with van der Waals surface area (Å²) in [5.74, 6) is -2.05. The highest BCUT2D eigenvalue weighted by molar-refractivity contribution is 5.96. The number of carbonyl (C=O) groups is 2. The van der Waals surface area contributed by atoms with Crippen LogP contribution in [0.3, 0.4) is 0 Å². The van der Waals surface area contributed by atoms with Crippen molar-refractivity contribution in [2.45, 2.75) is 13.0 Å². The Morgan fingerprint density at radius 1 is 1.00 bits per heavy atom. The number of halogens is 2. The summed E-state index contributed by atoms with van der Waals surface area (Å²) in [5, 5.41) is 7.82. The van der Waals surface area contributed by atoms with E-state index < -0.39 is 29.7 Å². The minimum absolute atomic E-state index is 0.0994. The number of hydrogen-bond donors (Lipinski definition) is 3. The maximum absolute atomic E-state index is 13.6. The number of benzene rings is 2. The Bertz CT molecular complexity index is 766. The van der Waals surface area contributed by atoms with Crippen LogP contribution in [0.2, 0.25) is 0 Å². The predicted octanol–water partition coefficient (Wildman–Crippen LogP) is 3.58. The summed E-state index contributed by atoms with van der Waals surface area (Å²) in [6, 6.07) is 8.81. The molecule has 2 aromatic rings. The normalized spacial score (nSPS) is 11.4. The fourth-order valence-electron chi connectivity index (χ4n) is 1.97. The van der Waals surface area contributed by atoms with Crippen LogP contribution in [0.4, 0.5) is 30.6 Å². The van der Waals surface area contributed by atoms with Crippen LogP contribution in [-0.2, 0) is 9.53 Å². The van der Waals surface area contributed by atoms with Crippen LogP contribution in [0.1, 0.15) is 6.92 Å². The third-order valence-electron chi connectivity index (χ3n) is 3.28. The number of anilines is 3. The van der Waals surface area contributed by atoms with Gasteiger partial charge in [-0.3, -0.25) is 10.1 Å². The summed E-state index contributed by atoms with van der Waals surface area (Å²) in [4.78, 5) is 23.2. The average molecular weight is 349 g/mol. The maximum Gasteiger partial charge on any atom is 0.411 e. The first kappa shape index (κ1) is 18.2. The topological polar surface area (TPSA) is 79.5 Å². The fraction of sp³-hybridized carbons (Fsp3) is 0.176. The molecule has 3 N–H and O–H groups in total. The quantitative estimate of drug-likeness (QED) is 0.771. The number of nitrogens with one attached hydrogen (secondary N) is 3. The predicted molar refractivity (Wildman–Crippen MR) is 90.5 cm³/mol. The molecule has 8 heteroatoms. The van der Waals surface area contributed by atoms with Gasteiger partial charge in [0.2, 0.25) is 5.91 Å². The van der Waals surface area contributed by atoms with Crippen LogP contribution in [0.15, 0.2) is 42.5 Å². The van der Waals surface area contributed by atoms with Gasteiger partial charge in [0.05, 0.1) is 12.8 Å². The molecule has 0 aliphatic heterocycles.